The van der Waals surface area contributed by atoms with E-state index in [4.69, 9.17) is 10.8 Å². The van der Waals surface area contributed by atoms with E-state index in [1.807, 2.05) is 0 Å². The molecule has 0 aliphatic heterocycles. The Morgan fingerprint density at radius 1 is 1.32 bits per heavy atom. The molecule has 1 aromatic rings. The molecular weight excluding hydrogens is 236 g/mol. The van der Waals surface area contributed by atoms with Gasteiger partial charge in [-0.25, -0.2) is 0 Å². The largest absolute Gasteiger partial charge is 0.329 e. The first-order chi connectivity index (χ1) is 8.98. The van der Waals surface area contributed by atoms with Crippen LogP contribution in [0.4, 0.5) is 0 Å². The van der Waals surface area contributed by atoms with Gasteiger partial charge in [-0.05, 0) is 39.3 Å². The Morgan fingerprint density at radius 2 is 1.95 bits per heavy atom. The van der Waals surface area contributed by atoms with E-state index in [0.29, 0.717) is 12.6 Å². The molecule has 0 aliphatic rings. The molecule has 0 saturated heterocycles. The van der Waals surface area contributed by atoms with Crippen molar-refractivity contribution in [3.63, 3.8) is 0 Å². The van der Waals surface area contributed by atoms with Gasteiger partial charge in [0.25, 0.3) is 0 Å². The number of nitrogens with zero attached hydrogens (tertiary/aromatic N) is 3. The molecule has 0 saturated carbocycles. The number of hydrogen-bond donors (Lipinski definition) is 1. The van der Waals surface area contributed by atoms with E-state index in [-0.39, 0.29) is 5.54 Å². The van der Waals surface area contributed by atoms with Gasteiger partial charge in [-0.3, -0.25) is 9.58 Å². The van der Waals surface area contributed by atoms with E-state index in [1.165, 1.54) is 0 Å². The van der Waals surface area contributed by atoms with Gasteiger partial charge < -0.3 is 5.73 Å². The van der Waals surface area contributed by atoms with E-state index in [0.717, 1.165) is 31.6 Å². The van der Waals surface area contributed by atoms with Crippen LogP contribution in [0.25, 0.3) is 0 Å². The highest BCUT2D eigenvalue weighted by molar-refractivity contribution is 5.01. The molecular formula is C15H30N4. The average molecular weight is 266 g/mol. The van der Waals surface area contributed by atoms with Gasteiger partial charge in [0.05, 0.1) is 11.7 Å². The van der Waals surface area contributed by atoms with Gasteiger partial charge in [-0.15, -0.1) is 0 Å². The lowest BCUT2D eigenvalue weighted by molar-refractivity contribution is 0.123. The minimum Gasteiger partial charge on any atom is -0.329 e. The van der Waals surface area contributed by atoms with E-state index in [2.05, 4.69) is 56.5 Å². The third-order valence-electron chi connectivity index (χ3n) is 4.07. The summed E-state index contributed by atoms with van der Waals surface area (Å²) >= 11 is 0. The monoisotopic (exact) mass is 266 g/mol. The summed E-state index contributed by atoms with van der Waals surface area (Å²) in [4.78, 5) is 2.38. The Hall–Kier alpha value is -0.870. The second-order valence-electron chi connectivity index (χ2n) is 5.79. The van der Waals surface area contributed by atoms with Gasteiger partial charge in [0.15, 0.2) is 0 Å². The van der Waals surface area contributed by atoms with Crippen molar-refractivity contribution in [3.8, 4) is 0 Å². The SMILES string of the molecule is CCC(CC)n1ccc(CN(CC)C(C)(C)CN)n1. The van der Waals surface area contributed by atoms with Crippen molar-refractivity contribution in [1.29, 1.82) is 0 Å². The highest BCUT2D eigenvalue weighted by Crippen LogP contribution is 2.18. The summed E-state index contributed by atoms with van der Waals surface area (Å²) in [6.45, 7) is 13.5. The minimum absolute atomic E-state index is 0.0213. The first kappa shape index (κ1) is 16.2. The van der Waals surface area contributed by atoms with Crippen LogP contribution in [0, 0.1) is 0 Å². The molecule has 110 valence electrons. The zero-order valence-electron chi connectivity index (χ0n) is 13.2. The molecule has 0 amide bonds. The fraction of sp³-hybridized carbons (Fsp3) is 0.800. The van der Waals surface area contributed by atoms with Gasteiger partial charge in [-0.1, -0.05) is 20.8 Å². The zero-order valence-corrected chi connectivity index (χ0v) is 13.2. The molecule has 0 fully saturated rings. The van der Waals surface area contributed by atoms with Crippen LogP contribution in [0.15, 0.2) is 12.3 Å². The maximum Gasteiger partial charge on any atom is 0.0765 e. The Bertz CT molecular complexity index is 366. The summed E-state index contributed by atoms with van der Waals surface area (Å²) in [5.41, 5.74) is 7.02. The van der Waals surface area contributed by atoms with Crippen LogP contribution >= 0.6 is 0 Å². The fourth-order valence-electron chi connectivity index (χ4n) is 2.41. The van der Waals surface area contributed by atoms with E-state index in [9.17, 15) is 0 Å². The third kappa shape index (κ3) is 4.05. The van der Waals surface area contributed by atoms with Crippen molar-refractivity contribution in [1.82, 2.24) is 14.7 Å². The molecule has 4 heteroatoms. The fourth-order valence-corrected chi connectivity index (χ4v) is 2.41. The van der Waals surface area contributed by atoms with Crippen LogP contribution in [0.3, 0.4) is 0 Å². The highest BCUT2D eigenvalue weighted by Gasteiger charge is 2.24. The molecule has 19 heavy (non-hydrogen) atoms. The number of hydrogen-bond acceptors (Lipinski definition) is 3. The minimum atomic E-state index is 0.0213. The molecule has 2 N–H and O–H groups in total. The summed E-state index contributed by atoms with van der Waals surface area (Å²) in [6.07, 6.45) is 4.36. The predicted octanol–water partition coefficient (Wildman–Crippen LogP) is 2.80. The first-order valence-electron chi connectivity index (χ1n) is 7.47. The second-order valence-corrected chi connectivity index (χ2v) is 5.79. The number of aromatic nitrogens is 2. The van der Waals surface area contributed by atoms with Crippen LogP contribution in [-0.4, -0.2) is 33.3 Å². The molecule has 0 aromatic carbocycles. The summed E-state index contributed by atoms with van der Waals surface area (Å²) in [6, 6.07) is 2.65. The lowest BCUT2D eigenvalue weighted by Crippen LogP contribution is -2.48. The maximum absolute atomic E-state index is 5.87. The van der Waals surface area contributed by atoms with Gasteiger partial charge in [-0.2, -0.15) is 5.10 Å². The van der Waals surface area contributed by atoms with Crippen molar-refractivity contribution >= 4 is 0 Å². The Labute approximate surface area is 118 Å². The highest BCUT2D eigenvalue weighted by atomic mass is 15.3. The molecule has 0 bridgehead atoms. The number of likely N-dealkylation sites (N-methyl/N-ethyl adjacent to an activating group) is 1. The topological polar surface area (TPSA) is 47.1 Å². The van der Waals surface area contributed by atoms with E-state index in [1.54, 1.807) is 0 Å². The molecule has 1 heterocycles. The van der Waals surface area contributed by atoms with Crippen LogP contribution in [0.5, 0.6) is 0 Å². The zero-order chi connectivity index (χ0) is 14.5. The molecule has 4 nitrogen and oxygen atoms in total. The molecule has 0 atom stereocenters. The molecule has 1 rings (SSSR count). The third-order valence-corrected chi connectivity index (χ3v) is 4.07. The number of rotatable bonds is 8. The van der Waals surface area contributed by atoms with Gasteiger partial charge >= 0.3 is 0 Å². The maximum atomic E-state index is 5.87. The molecule has 0 radical (unpaired) electrons. The first-order valence-corrected chi connectivity index (χ1v) is 7.47. The van der Waals surface area contributed by atoms with E-state index < -0.39 is 0 Å². The van der Waals surface area contributed by atoms with Gasteiger partial charge in [0, 0.05) is 24.8 Å². The van der Waals surface area contributed by atoms with Crippen LogP contribution in [-0.2, 0) is 6.54 Å². The van der Waals surface area contributed by atoms with Crippen molar-refractivity contribution in [2.24, 2.45) is 5.73 Å². The van der Waals surface area contributed by atoms with Crippen LogP contribution in [0.2, 0.25) is 0 Å². The summed E-state index contributed by atoms with van der Waals surface area (Å²) < 4.78 is 2.11. The lowest BCUT2D eigenvalue weighted by atomic mass is 10.0. The summed E-state index contributed by atoms with van der Waals surface area (Å²) in [5, 5.41) is 4.72. The molecule has 0 aliphatic carbocycles. The van der Waals surface area contributed by atoms with Crippen LogP contribution < -0.4 is 5.73 Å². The predicted molar refractivity (Wildman–Crippen MR) is 81.1 cm³/mol. The normalized spacial score (nSPS) is 12.6. The smallest absolute Gasteiger partial charge is 0.0765 e. The summed E-state index contributed by atoms with van der Waals surface area (Å²) in [7, 11) is 0. The van der Waals surface area contributed by atoms with Crippen molar-refractivity contribution < 1.29 is 0 Å². The Balaban J connectivity index is 2.77. The average Bonchev–Trinajstić information content (AvgIpc) is 2.85. The second kappa shape index (κ2) is 7.06. The Morgan fingerprint density at radius 3 is 2.42 bits per heavy atom. The van der Waals surface area contributed by atoms with Crippen molar-refractivity contribution in [2.45, 2.75) is 65.6 Å². The lowest BCUT2D eigenvalue weighted by Gasteiger charge is -2.36. The standard InChI is InChI=1S/C15H30N4/c1-6-14(7-2)19-10-9-13(17-19)11-18(8-3)15(4,5)12-16/h9-10,14H,6-8,11-12,16H2,1-5H3. The Kier molecular flexibility index (Phi) is 6.01. The van der Waals surface area contributed by atoms with Crippen molar-refractivity contribution in [3.05, 3.63) is 18.0 Å². The molecule has 1 aromatic heterocycles. The summed E-state index contributed by atoms with van der Waals surface area (Å²) in [5.74, 6) is 0. The quantitative estimate of drug-likeness (QED) is 0.787. The molecule has 0 spiro atoms. The van der Waals surface area contributed by atoms with Crippen molar-refractivity contribution in [2.75, 3.05) is 13.1 Å². The van der Waals surface area contributed by atoms with Gasteiger partial charge in [0.2, 0.25) is 0 Å². The van der Waals surface area contributed by atoms with E-state index >= 15 is 0 Å². The van der Waals surface area contributed by atoms with Crippen LogP contribution in [0.1, 0.15) is 59.2 Å². The number of nitrogens with two attached hydrogens (primary N) is 1. The molecule has 0 unspecified atom stereocenters. The van der Waals surface area contributed by atoms with Gasteiger partial charge in [0.1, 0.15) is 0 Å².